The molecule has 0 spiro atoms. The minimum atomic E-state index is -0.0117. The van der Waals surface area contributed by atoms with Crippen LogP contribution in [0.1, 0.15) is 42.6 Å². The number of likely N-dealkylation sites (N-methyl/N-ethyl adjacent to an activating group) is 1. The fourth-order valence-electron chi connectivity index (χ4n) is 3.45. The number of rotatable bonds is 11. The van der Waals surface area contributed by atoms with Gasteiger partial charge < -0.3 is 14.7 Å². The van der Waals surface area contributed by atoms with E-state index >= 15 is 0 Å². The Morgan fingerprint density at radius 3 is 2.63 bits per heavy atom. The van der Waals surface area contributed by atoms with Crippen LogP contribution in [0.25, 0.3) is 0 Å². The van der Waals surface area contributed by atoms with E-state index in [2.05, 4.69) is 46.2 Å². The van der Waals surface area contributed by atoms with E-state index in [0.29, 0.717) is 12.3 Å². The number of carbonyl (C=O) groups is 1. The van der Waals surface area contributed by atoms with E-state index < -0.39 is 0 Å². The molecule has 30 heavy (non-hydrogen) atoms. The number of nitrogens with zero attached hydrogens (tertiary/aromatic N) is 2. The van der Waals surface area contributed by atoms with Gasteiger partial charge in [0.15, 0.2) is 5.16 Å². The normalized spacial score (nSPS) is 12.3. The van der Waals surface area contributed by atoms with Gasteiger partial charge in [-0.15, -0.1) is 0 Å². The first-order valence-corrected chi connectivity index (χ1v) is 11.4. The molecule has 7 heteroatoms. The zero-order valence-corrected chi connectivity index (χ0v) is 18.7. The number of H-pyrrole nitrogens is 1. The van der Waals surface area contributed by atoms with E-state index in [4.69, 9.17) is 4.42 Å². The third-order valence-corrected chi connectivity index (χ3v) is 6.01. The quantitative estimate of drug-likeness (QED) is 0.450. The van der Waals surface area contributed by atoms with Crippen LogP contribution in [0.15, 0.2) is 58.3 Å². The molecular formula is C23H30N4O2S. The number of furan rings is 1. The highest BCUT2D eigenvalue weighted by Crippen LogP contribution is 2.21. The number of carbonyl (C=O) groups excluding carboxylic acids is 1. The highest BCUT2D eigenvalue weighted by molar-refractivity contribution is 7.99. The van der Waals surface area contributed by atoms with Crippen LogP contribution in [0.5, 0.6) is 0 Å². The molecule has 0 radical (unpaired) electrons. The molecule has 0 aliphatic carbocycles. The highest BCUT2D eigenvalue weighted by atomic mass is 32.2. The number of thioether (sulfide) groups is 1. The monoisotopic (exact) mass is 426 g/mol. The highest BCUT2D eigenvalue weighted by Gasteiger charge is 2.21. The zero-order chi connectivity index (χ0) is 21.3. The summed E-state index contributed by atoms with van der Waals surface area (Å²) in [5, 5.41) is 3.83. The van der Waals surface area contributed by atoms with Crippen molar-refractivity contribution in [1.82, 2.24) is 20.2 Å². The number of amides is 1. The fourth-order valence-corrected chi connectivity index (χ4v) is 4.22. The largest absolute Gasteiger partial charge is 0.468 e. The summed E-state index contributed by atoms with van der Waals surface area (Å²) in [6.45, 7) is 8.55. The van der Waals surface area contributed by atoms with Crippen molar-refractivity contribution in [3.8, 4) is 0 Å². The molecule has 0 saturated heterocycles. The van der Waals surface area contributed by atoms with Gasteiger partial charge in [-0.05, 0) is 37.7 Å². The minimum Gasteiger partial charge on any atom is -0.468 e. The van der Waals surface area contributed by atoms with Crippen molar-refractivity contribution in [1.29, 1.82) is 0 Å². The van der Waals surface area contributed by atoms with Crippen LogP contribution < -0.4 is 5.32 Å². The Labute approximate surface area is 182 Å². The van der Waals surface area contributed by atoms with Gasteiger partial charge in [-0.2, -0.15) is 0 Å². The molecular weight excluding hydrogens is 396 g/mol. The molecule has 1 atom stereocenters. The fraction of sp³-hybridized carbons (Fsp3) is 0.391. The summed E-state index contributed by atoms with van der Waals surface area (Å²) < 4.78 is 5.59. The molecule has 0 aliphatic rings. The van der Waals surface area contributed by atoms with E-state index in [9.17, 15) is 4.79 Å². The SMILES string of the molecule is CCN(CC)[C@@H](CNC(=O)CSc1nc(Cc2ccccc2)c(C)[nH]1)c1ccco1. The van der Waals surface area contributed by atoms with Crippen LogP contribution in [0.2, 0.25) is 0 Å². The van der Waals surface area contributed by atoms with Gasteiger partial charge in [0.05, 0.1) is 23.8 Å². The molecule has 0 saturated carbocycles. The van der Waals surface area contributed by atoms with Gasteiger partial charge >= 0.3 is 0 Å². The molecule has 0 aliphatic heterocycles. The molecule has 1 aromatic carbocycles. The van der Waals surface area contributed by atoms with E-state index in [1.54, 1.807) is 6.26 Å². The van der Waals surface area contributed by atoms with Crippen molar-refractivity contribution in [2.75, 3.05) is 25.4 Å². The van der Waals surface area contributed by atoms with Crippen molar-refractivity contribution >= 4 is 17.7 Å². The first-order valence-electron chi connectivity index (χ1n) is 10.4. The first kappa shape index (κ1) is 22.2. The van der Waals surface area contributed by atoms with Gasteiger partial charge in [0.2, 0.25) is 5.91 Å². The first-order chi connectivity index (χ1) is 14.6. The third-order valence-electron chi connectivity index (χ3n) is 5.14. The van der Waals surface area contributed by atoms with Gasteiger partial charge in [-0.1, -0.05) is 55.9 Å². The summed E-state index contributed by atoms with van der Waals surface area (Å²) in [6, 6.07) is 14.2. The average molecular weight is 427 g/mol. The van der Waals surface area contributed by atoms with E-state index in [1.165, 1.54) is 17.3 Å². The third kappa shape index (κ3) is 6.00. The van der Waals surface area contributed by atoms with Gasteiger partial charge in [0, 0.05) is 18.7 Å². The van der Waals surface area contributed by atoms with Crippen molar-refractivity contribution in [3.05, 3.63) is 71.4 Å². The van der Waals surface area contributed by atoms with Crippen molar-refractivity contribution in [3.63, 3.8) is 0 Å². The maximum absolute atomic E-state index is 12.4. The summed E-state index contributed by atoms with van der Waals surface area (Å²) in [7, 11) is 0. The molecule has 2 heterocycles. The molecule has 0 bridgehead atoms. The molecule has 0 fully saturated rings. The lowest BCUT2D eigenvalue weighted by Gasteiger charge is -2.28. The lowest BCUT2D eigenvalue weighted by Crippen LogP contribution is -2.38. The second-order valence-electron chi connectivity index (χ2n) is 7.12. The number of hydrogen-bond donors (Lipinski definition) is 2. The number of benzene rings is 1. The van der Waals surface area contributed by atoms with Crippen LogP contribution in [0.4, 0.5) is 0 Å². The molecule has 3 rings (SSSR count). The minimum absolute atomic E-state index is 0.0117. The number of aromatic amines is 1. The maximum atomic E-state index is 12.4. The van der Waals surface area contributed by atoms with Crippen molar-refractivity contribution in [2.45, 2.75) is 38.4 Å². The predicted molar refractivity (Wildman–Crippen MR) is 121 cm³/mol. The zero-order valence-electron chi connectivity index (χ0n) is 17.9. The average Bonchev–Trinajstić information content (AvgIpc) is 3.40. The lowest BCUT2D eigenvalue weighted by molar-refractivity contribution is -0.118. The predicted octanol–water partition coefficient (Wildman–Crippen LogP) is 4.19. The number of hydrogen-bond acceptors (Lipinski definition) is 5. The summed E-state index contributed by atoms with van der Waals surface area (Å²) in [6.07, 6.45) is 2.46. The van der Waals surface area contributed by atoms with Gasteiger partial charge in [0.1, 0.15) is 5.76 Å². The summed E-state index contributed by atoms with van der Waals surface area (Å²) >= 11 is 1.43. The van der Waals surface area contributed by atoms with Crippen LogP contribution in [-0.2, 0) is 11.2 Å². The molecule has 0 unspecified atom stereocenters. The maximum Gasteiger partial charge on any atom is 0.230 e. The second kappa shape index (κ2) is 11.0. The summed E-state index contributed by atoms with van der Waals surface area (Å²) in [4.78, 5) is 22.7. The Morgan fingerprint density at radius 2 is 1.97 bits per heavy atom. The Kier molecular flexibility index (Phi) is 8.16. The Balaban J connectivity index is 1.52. The summed E-state index contributed by atoms with van der Waals surface area (Å²) in [5.74, 6) is 1.18. The van der Waals surface area contributed by atoms with Crippen LogP contribution in [-0.4, -0.2) is 46.2 Å². The standard InChI is InChI=1S/C23H30N4O2S/c1-4-27(5-2)20(21-12-9-13-29-21)15-24-22(28)16-30-23-25-17(3)19(26-23)14-18-10-7-6-8-11-18/h6-13,20H,4-5,14-16H2,1-3H3,(H,24,28)(H,25,26)/t20-/m0/s1. The number of aromatic nitrogens is 2. The van der Waals surface area contributed by atoms with Gasteiger partial charge in [-0.3, -0.25) is 9.69 Å². The number of nitrogens with one attached hydrogen (secondary N) is 2. The van der Waals surface area contributed by atoms with Crippen LogP contribution in [0.3, 0.4) is 0 Å². The Morgan fingerprint density at radius 1 is 1.20 bits per heavy atom. The molecule has 2 aromatic heterocycles. The Hall–Kier alpha value is -2.51. The summed E-state index contributed by atoms with van der Waals surface area (Å²) in [5.41, 5.74) is 3.28. The van der Waals surface area contributed by atoms with Crippen LogP contribution >= 0.6 is 11.8 Å². The topological polar surface area (TPSA) is 74.2 Å². The second-order valence-corrected chi connectivity index (χ2v) is 8.09. The van der Waals surface area contributed by atoms with Gasteiger partial charge in [0.25, 0.3) is 0 Å². The molecule has 6 nitrogen and oxygen atoms in total. The van der Waals surface area contributed by atoms with E-state index in [1.807, 2.05) is 37.3 Å². The number of imidazole rings is 1. The molecule has 2 N–H and O–H groups in total. The smallest absolute Gasteiger partial charge is 0.230 e. The van der Waals surface area contributed by atoms with Crippen LogP contribution in [0, 0.1) is 6.92 Å². The number of aryl methyl sites for hydroxylation is 1. The molecule has 3 aromatic rings. The van der Waals surface area contributed by atoms with Gasteiger partial charge in [-0.25, -0.2) is 4.98 Å². The molecule has 160 valence electrons. The molecule has 1 amide bonds. The van der Waals surface area contributed by atoms with Crippen molar-refractivity contribution in [2.24, 2.45) is 0 Å². The van der Waals surface area contributed by atoms with E-state index in [-0.39, 0.29) is 11.9 Å². The lowest BCUT2D eigenvalue weighted by atomic mass is 10.1. The van der Waals surface area contributed by atoms with Crippen molar-refractivity contribution < 1.29 is 9.21 Å². The van der Waals surface area contributed by atoms with E-state index in [0.717, 1.165) is 41.8 Å². The Bertz CT molecular complexity index is 905.